The van der Waals surface area contributed by atoms with Gasteiger partial charge in [0.2, 0.25) is 0 Å². The van der Waals surface area contributed by atoms with Crippen LogP contribution in [0.4, 0.5) is 13.2 Å². The summed E-state index contributed by atoms with van der Waals surface area (Å²) in [6, 6.07) is 4.87. The molecule has 1 rings (SSSR count). The molecular formula is C11H14F3NO2. The van der Waals surface area contributed by atoms with E-state index in [1.165, 1.54) is 13.2 Å². The molecule has 1 aromatic rings. The van der Waals surface area contributed by atoms with Gasteiger partial charge in [0, 0.05) is 6.54 Å². The number of methoxy groups -OCH3 is 1. The first-order chi connectivity index (χ1) is 7.96. The van der Waals surface area contributed by atoms with Crippen molar-refractivity contribution in [3.63, 3.8) is 0 Å². The molecule has 1 N–H and O–H groups in total. The molecule has 0 saturated carbocycles. The number of halogens is 3. The summed E-state index contributed by atoms with van der Waals surface area (Å²) >= 11 is 0. The zero-order chi connectivity index (χ0) is 12.9. The second kappa shape index (κ2) is 5.77. The monoisotopic (exact) mass is 249 g/mol. The Hall–Kier alpha value is -1.43. The van der Waals surface area contributed by atoms with E-state index in [9.17, 15) is 13.2 Å². The Morgan fingerprint density at radius 3 is 2.47 bits per heavy atom. The van der Waals surface area contributed by atoms with Gasteiger partial charge in [-0.2, -0.15) is 13.2 Å². The molecule has 0 spiro atoms. The average Bonchev–Trinajstić information content (AvgIpc) is 2.26. The maximum Gasteiger partial charge on any atom is 0.422 e. The molecule has 6 heteroatoms. The van der Waals surface area contributed by atoms with Crippen molar-refractivity contribution in [2.45, 2.75) is 12.7 Å². The molecule has 0 atom stereocenters. The minimum Gasteiger partial charge on any atom is -0.493 e. The summed E-state index contributed by atoms with van der Waals surface area (Å²) in [7, 11) is 3.13. The van der Waals surface area contributed by atoms with Gasteiger partial charge in [0.1, 0.15) is 0 Å². The minimum atomic E-state index is -4.36. The van der Waals surface area contributed by atoms with E-state index in [1.807, 2.05) is 0 Å². The van der Waals surface area contributed by atoms with Crippen molar-refractivity contribution >= 4 is 0 Å². The standard InChI is InChI=1S/C11H14F3NO2/c1-15-6-8-3-4-9(16-2)10(5-8)17-7-11(12,13)14/h3-5,15H,6-7H2,1-2H3. The van der Waals surface area contributed by atoms with E-state index in [1.54, 1.807) is 19.2 Å². The molecule has 0 radical (unpaired) electrons. The summed E-state index contributed by atoms with van der Waals surface area (Å²) in [5.74, 6) is 0.381. The summed E-state index contributed by atoms with van der Waals surface area (Å²) in [5.41, 5.74) is 0.825. The fraction of sp³-hybridized carbons (Fsp3) is 0.455. The zero-order valence-corrected chi connectivity index (χ0v) is 9.60. The summed E-state index contributed by atoms with van der Waals surface area (Å²) in [5, 5.41) is 2.90. The third kappa shape index (κ3) is 4.52. The van der Waals surface area contributed by atoms with Crippen molar-refractivity contribution in [1.29, 1.82) is 0 Å². The predicted molar refractivity (Wildman–Crippen MR) is 57.3 cm³/mol. The minimum absolute atomic E-state index is 0.0950. The third-order valence-corrected chi connectivity index (χ3v) is 2.00. The Morgan fingerprint density at radius 2 is 1.94 bits per heavy atom. The van der Waals surface area contributed by atoms with E-state index in [4.69, 9.17) is 9.47 Å². The van der Waals surface area contributed by atoms with Crippen LogP contribution in [0.3, 0.4) is 0 Å². The fourth-order valence-corrected chi connectivity index (χ4v) is 1.31. The van der Waals surface area contributed by atoms with Gasteiger partial charge >= 0.3 is 6.18 Å². The van der Waals surface area contributed by atoms with Gasteiger partial charge in [-0.1, -0.05) is 6.07 Å². The molecule has 0 amide bonds. The number of ether oxygens (including phenoxy) is 2. The van der Waals surface area contributed by atoms with Gasteiger partial charge < -0.3 is 14.8 Å². The highest BCUT2D eigenvalue weighted by Gasteiger charge is 2.29. The van der Waals surface area contributed by atoms with E-state index in [2.05, 4.69) is 5.32 Å². The van der Waals surface area contributed by atoms with Crippen LogP contribution in [0, 0.1) is 0 Å². The molecule has 17 heavy (non-hydrogen) atoms. The van der Waals surface area contributed by atoms with Crippen LogP contribution in [0.25, 0.3) is 0 Å². The number of alkyl halides is 3. The quantitative estimate of drug-likeness (QED) is 0.869. The van der Waals surface area contributed by atoms with Crippen molar-refractivity contribution in [2.75, 3.05) is 20.8 Å². The first-order valence-electron chi connectivity index (χ1n) is 4.97. The number of rotatable bonds is 5. The lowest BCUT2D eigenvalue weighted by atomic mass is 10.2. The maximum absolute atomic E-state index is 12.0. The van der Waals surface area contributed by atoms with Crippen molar-refractivity contribution < 1.29 is 22.6 Å². The third-order valence-electron chi connectivity index (χ3n) is 2.00. The van der Waals surface area contributed by atoms with E-state index in [0.717, 1.165) is 5.56 Å². The van der Waals surface area contributed by atoms with Gasteiger partial charge in [-0.15, -0.1) is 0 Å². The average molecular weight is 249 g/mol. The largest absolute Gasteiger partial charge is 0.493 e. The van der Waals surface area contributed by atoms with Crippen LogP contribution in [0.2, 0.25) is 0 Å². The van der Waals surface area contributed by atoms with Gasteiger partial charge in [-0.05, 0) is 24.7 Å². The molecule has 0 saturated heterocycles. The van der Waals surface area contributed by atoms with E-state index >= 15 is 0 Å². The molecule has 0 aliphatic heterocycles. The van der Waals surface area contributed by atoms with Crippen LogP contribution in [-0.4, -0.2) is 26.9 Å². The molecule has 0 heterocycles. The topological polar surface area (TPSA) is 30.5 Å². The van der Waals surface area contributed by atoms with Crippen LogP contribution in [-0.2, 0) is 6.54 Å². The van der Waals surface area contributed by atoms with Gasteiger partial charge in [0.05, 0.1) is 7.11 Å². The SMILES string of the molecule is CNCc1ccc(OC)c(OCC(F)(F)F)c1. The highest BCUT2D eigenvalue weighted by Crippen LogP contribution is 2.29. The molecule has 0 fully saturated rings. The van der Waals surface area contributed by atoms with Gasteiger partial charge in [-0.25, -0.2) is 0 Å². The van der Waals surface area contributed by atoms with Crippen LogP contribution in [0.1, 0.15) is 5.56 Å². The lowest BCUT2D eigenvalue weighted by molar-refractivity contribution is -0.153. The Bertz CT molecular complexity index is 366. The summed E-state index contributed by atoms with van der Waals surface area (Å²) in [6.45, 7) is -0.779. The van der Waals surface area contributed by atoms with Crippen LogP contribution in [0.5, 0.6) is 11.5 Å². The summed E-state index contributed by atoms with van der Waals surface area (Å²) in [4.78, 5) is 0. The van der Waals surface area contributed by atoms with Crippen molar-refractivity contribution in [3.8, 4) is 11.5 Å². The molecule has 0 aromatic heterocycles. The number of nitrogens with one attached hydrogen (secondary N) is 1. The Kier molecular flexibility index (Phi) is 4.62. The normalized spacial score (nSPS) is 11.4. The molecule has 3 nitrogen and oxygen atoms in total. The number of benzene rings is 1. The Balaban J connectivity index is 2.82. The molecule has 0 aliphatic carbocycles. The second-order valence-electron chi connectivity index (χ2n) is 3.42. The van der Waals surface area contributed by atoms with E-state index < -0.39 is 12.8 Å². The molecule has 96 valence electrons. The maximum atomic E-state index is 12.0. The van der Waals surface area contributed by atoms with Gasteiger partial charge in [0.15, 0.2) is 18.1 Å². The zero-order valence-electron chi connectivity index (χ0n) is 9.60. The van der Waals surface area contributed by atoms with Crippen LogP contribution >= 0.6 is 0 Å². The first-order valence-corrected chi connectivity index (χ1v) is 4.97. The van der Waals surface area contributed by atoms with Crippen LogP contribution in [0.15, 0.2) is 18.2 Å². The van der Waals surface area contributed by atoms with Crippen molar-refractivity contribution in [1.82, 2.24) is 5.32 Å². The Labute approximate surface area is 97.5 Å². The number of hydrogen-bond acceptors (Lipinski definition) is 3. The number of hydrogen-bond donors (Lipinski definition) is 1. The predicted octanol–water partition coefficient (Wildman–Crippen LogP) is 2.36. The van der Waals surface area contributed by atoms with Gasteiger partial charge in [0.25, 0.3) is 0 Å². The molecule has 0 bridgehead atoms. The Morgan fingerprint density at radius 1 is 1.24 bits per heavy atom. The second-order valence-corrected chi connectivity index (χ2v) is 3.42. The summed E-state index contributed by atoms with van der Waals surface area (Å²) in [6.07, 6.45) is -4.36. The van der Waals surface area contributed by atoms with Crippen molar-refractivity contribution in [2.24, 2.45) is 0 Å². The first kappa shape index (κ1) is 13.6. The highest BCUT2D eigenvalue weighted by atomic mass is 19.4. The van der Waals surface area contributed by atoms with E-state index in [0.29, 0.717) is 6.54 Å². The lowest BCUT2D eigenvalue weighted by Crippen LogP contribution is -2.19. The van der Waals surface area contributed by atoms with Gasteiger partial charge in [-0.3, -0.25) is 0 Å². The molecule has 0 aliphatic rings. The molecule has 0 unspecified atom stereocenters. The lowest BCUT2D eigenvalue weighted by Gasteiger charge is -2.13. The van der Waals surface area contributed by atoms with Crippen molar-refractivity contribution in [3.05, 3.63) is 23.8 Å². The van der Waals surface area contributed by atoms with E-state index in [-0.39, 0.29) is 11.5 Å². The highest BCUT2D eigenvalue weighted by molar-refractivity contribution is 5.42. The molecular weight excluding hydrogens is 235 g/mol. The summed E-state index contributed by atoms with van der Waals surface area (Å²) < 4.78 is 45.8. The fourth-order valence-electron chi connectivity index (χ4n) is 1.31. The smallest absolute Gasteiger partial charge is 0.422 e. The van der Waals surface area contributed by atoms with Crippen LogP contribution < -0.4 is 14.8 Å². The molecule has 1 aromatic carbocycles.